The normalized spacial score (nSPS) is 12.4. The summed E-state index contributed by atoms with van der Waals surface area (Å²) >= 11 is 0. The van der Waals surface area contributed by atoms with Crippen molar-refractivity contribution >= 4 is 0 Å². The number of aliphatic hydroxyl groups is 2. The monoisotopic (exact) mass is 296 g/mol. The minimum absolute atomic E-state index is 0.202. The van der Waals surface area contributed by atoms with Crippen LogP contribution in [0, 0.1) is 5.92 Å². The van der Waals surface area contributed by atoms with Crippen LogP contribution < -0.4 is 9.47 Å². The van der Waals surface area contributed by atoms with Crippen LogP contribution in [0.4, 0.5) is 0 Å². The maximum Gasteiger partial charge on any atom is 0.154 e. The third kappa shape index (κ3) is 7.93. The van der Waals surface area contributed by atoms with Crippen LogP contribution in [0.2, 0.25) is 0 Å². The summed E-state index contributed by atoms with van der Waals surface area (Å²) in [6, 6.07) is 7.45. The second-order valence-electron chi connectivity index (χ2n) is 5.32. The maximum absolute atomic E-state index is 8.74. The van der Waals surface area contributed by atoms with E-state index in [1.54, 1.807) is 0 Å². The average Bonchev–Trinajstić information content (AvgIpc) is 2.48. The molecule has 0 amide bonds. The summed E-state index contributed by atoms with van der Waals surface area (Å²) in [5.41, 5.74) is 0. The quantitative estimate of drug-likeness (QED) is 0.615. The highest BCUT2D eigenvalue weighted by molar-refractivity contribution is 5.31. The molecule has 1 aromatic rings. The Labute approximate surface area is 127 Å². The lowest BCUT2D eigenvalue weighted by Crippen LogP contribution is -2.11. The molecule has 0 saturated carbocycles. The molecule has 2 N–H and O–H groups in total. The number of benzene rings is 1. The highest BCUT2D eigenvalue weighted by Crippen LogP contribution is 2.20. The van der Waals surface area contributed by atoms with Crippen molar-refractivity contribution in [1.29, 1.82) is 0 Å². The lowest BCUT2D eigenvalue weighted by Gasteiger charge is -2.15. The van der Waals surface area contributed by atoms with Crippen LogP contribution in [-0.4, -0.2) is 29.7 Å². The molecule has 0 heterocycles. The van der Waals surface area contributed by atoms with Crippen LogP contribution in [0.5, 0.6) is 11.5 Å². The van der Waals surface area contributed by atoms with E-state index >= 15 is 0 Å². The largest absolute Gasteiger partial charge is 0.493 e. The number of ether oxygens (including phenoxy) is 2. The number of aliphatic hydroxyl groups excluding tert-OH is 1. The first kappa shape index (κ1) is 17.8. The Morgan fingerprint density at radius 1 is 0.952 bits per heavy atom. The molecule has 120 valence electrons. The van der Waals surface area contributed by atoms with E-state index in [1.165, 1.54) is 19.3 Å². The minimum atomic E-state index is -1.32. The van der Waals surface area contributed by atoms with E-state index in [9.17, 15) is 0 Å². The highest BCUT2D eigenvalue weighted by atomic mass is 16.5. The zero-order valence-electron chi connectivity index (χ0n) is 13.1. The van der Waals surface area contributed by atoms with E-state index in [4.69, 9.17) is 19.7 Å². The number of rotatable bonds is 11. The van der Waals surface area contributed by atoms with Crippen LogP contribution >= 0.6 is 0 Å². The van der Waals surface area contributed by atoms with Crippen molar-refractivity contribution in [2.75, 3.05) is 13.2 Å². The molecular weight excluding hydrogens is 268 g/mol. The van der Waals surface area contributed by atoms with E-state index < -0.39 is 6.29 Å². The van der Waals surface area contributed by atoms with Gasteiger partial charge in [-0.25, -0.2) is 0 Å². The molecule has 0 aliphatic carbocycles. The summed E-state index contributed by atoms with van der Waals surface area (Å²) in [7, 11) is 0. The van der Waals surface area contributed by atoms with Gasteiger partial charge in [0.2, 0.25) is 0 Å². The van der Waals surface area contributed by atoms with Gasteiger partial charge in [-0.2, -0.15) is 0 Å². The van der Waals surface area contributed by atoms with E-state index in [0.29, 0.717) is 11.7 Å². The summed E-state index contributed by atoms with van der Waals surface area (Å²) in [5.74, 6) is 2.17. The molecule has 1 aromatic carbocycles. The van der Waals surface area contributed by atoms with Gasteiger partial charge in [-0.3, -0.25) is 0 Å². The van der Waals surface area contributed by atoms with Crippen molar-refractivity contribution in [3.8, 4) is 11.5 Å². The van der Waals surface area contributed by atoms with Gasteiger partial charge in [-0.1, -0.05) is 33.1 Å². The topological polar surface area (TPSA) is 58.9 Å². The summed E-state index contributed by atoms with van der Waals surface area (Å²) < 4.78 is 11.2. The second-order valence-corrected chi connectivity index (χ2v) is 5.32. The van der Waals surface area contributed by atoms with E-state index in [0.717, 1.165) is 18.8 Å². The first-order valence-electron chi connectivity index (χ1n) is 7.87. The molecule has 0 fully saturated rings. The van der Waals surface area contributed by atoms with Crippen LogP contribution in [0.1, 0.15) is 46.0 Å². The maximum atomic E-state index is 8.74. The summed E-state index contributed by atoms with van der Waals surface area (Å²) in [6.07, 6.45) is 3.73. The molecule has 1 rings (SSSR count). The molecular formula is C17H28O4. The molecule has 4 nitrogen and oxygen atoms in total. The Hall–Kier alpha value is -1.26. The van der Waals surface area contributed by atoms with Crippen molar-refractivity contribution in [1.82, 2.24) is 0 Å². The Kier molecular flexibility index (Phi) is 8.87. The second kappa shape index (κ2) is 10.5. The molecule has 0 radical (unpaired) electrons. The molecule has 0 aromatic heterocycles. The molecule has 0 aliphatic heterocycles. The van der Waals surface area contributed by atoms with Gasteiger partial charge in [0.05, 0.1) is 13.2 Å². The van der Waals surface area contributed by atoms with Gasteiger partial charge >= 0.3 is 0 Å². The number of hydrogen-bond acceptors (Lipinski definition) is 4. The van der Waals surface area contributed by atoms with Crippen molar-refractivity contribution in [3.63, 3.8) is 0 Å². The van der Waals surface area contributed by atoms with Gasteiger partial charge in [0, 0.05) is 6.42 Å². The predicted molar refractivity (Wildman–Crippen MR) is 83.6 cm³/mol. The van der Waals surface area contributed by atoms with Crippen LogP contribution in [0.3, 0.4) is 0 Å². The van der Waals surface area contributed by atoms with Crippen molar-refractivity contribution in [2.24, 2.45) is 5.92 Å². The molecule has 0 bridgehead atoms. The number of hydrogen-bond donors (Lipinski definition) is 2. The van der Waals surface area contributed by atoms with Crippen molar-refractivity contribution in [2.45, 2.75) is 52.2 Å². The van der Waals surface area contributed by atoms with E-state index in [2.05, 4.69) is 13.8 Å². The number of unbranched alkanes of at least 4 members (excludes halogenated alkanes) is 1. The fourth-order valence-corrected chi connectivity index (χ4v) is 2.03. The summed E-state index contributed by atoms with van der Waals surface area (Å²) in [5, 5.41) is 17.5. The zero-order chi connectivity index (χ0) is 15.5. The van der Waals surface area contributed by atoms with Gasteiger partial charge in [-0.05, 0) is 36.6 Å². The van der Waals surface area contributed by atoms with Crippen molar-refractivity contribution in [3.05, 3.63) is 24.3 Å². The third-order valence-electron chi connectivity index (χ3n) is 3.50. The molecule has 21 heavy (non-hydrogen) atoms. The van der Waals surface area contributed by atoms with Crippen LogP contribution in [0.25, 0.3) is 0 Å². The minimum Gasteiger partial charge on any atom is -0.493 e. The molecule has 0 spiro atoms. The molecule has 1 unspecified atom stereocenters. The Morgan fingerprint density at radius 2 is 1.57 bits per heavy atom. The molecule has 0 saturated heterocycles. The Balaban J connectivity index is 2.32. The predicted octanol–water partition coefficient (Wildman–Crippen LogP) is 3.36. The van der Waals surface area contributed by atoms with Gasteiger partial charge in [-0.15, -0.1) is 0 Å². The summed E-state index contributed by atoms with van der Waals surface area (Å²) in [4.78, 5) is 0. The molecule has 1 atom stereocenters. The SMILES string of the molecule is CCCCC(CC)COc1ccc(OCCC(O)O)cc1. The van der Waals surface area contributed by atoms with Gasteiger partial charge in [0.25, 0.3) is 0 Å². The molecule has 0 aliphatic rings. The van der Waals surface area contributed by atoms with Crippen molar-refractivity contribution < 1.29 is 19.7 Å². The summed E-state index contributed by atoms with van der Waals surface area (Å²) in [6.45, 7) is 5.46. The Bertz CT molecular complexity index is 362. The molecule has 4 heteroatoms. The van der Waals surface area contributed by atoms with Gasteiger partial charge in [0.15, 0.2) is 6.29 Å². The fourth-order valence-electron chi connectivity index (χ4n) is 2.03. The highest BCUT2D eigenvalue weighted by Gasteiger charge is 2.07. The fraction of sp³-hybridized carbons (Fsp3) is 0.647. The van der Waals surface area contributed by atoms with Gasteiger partial charge < -0.3 is 19.7 Å². The van der Waals surface area contributed by atoms with E-state index in [-0.39, 0.29) is 13.0 Å². The van der Waals surface area contributed by atoms with Crippen LogP contribution in [0.15, 0.2) is 24.3 Å². The Morgan fingerprint density at radius 3 is 2.10 bits per heavy atom. The lowest BCUT2D eigenvalue weighted by molar-refractivity contribution is -0.0519. The first-order chi connectivity index (χ1) is 10.2. The average molecular weight is 296 g/mol. The standard InChI is InChI=1S/C17H28O4/c1-3-5-6-14(4-2)13-21-16-9-7-15(8-10-16)20-12-11-17(18)19/h7-10,14,17-19H,3-6,11-13H2,1-2H3. The van der Waals surface area contributed by atoms with E-state index in [1.807, 2.05) is 24.3 Å². The lowest BCUT2D eigenvalue weighted by atomic mass is 10.0. The smallest absolute Gasteiger partial charge is 0.154 e. The third-order valence-corrected chi connectivity index (χ3v) is 3.50. The zero-order valence-corrected chi connectivity index (χ0v) is 13.1. The van der Waals surface area contributed by atoms with Crippen LogP contribution in [-0.2, 0) is 0 Å². The first-order valence-corrected chi connectivity index (χ1v) is 7.87. The van der Waals surface area contributed by atoms with Gasteiger partial charge in [0.1, 0.15) is 11.5 Å².